The Hall–Kier alpha value is -5.06. The van der Waals surface area contributed by atoms with Gasteiger partial charge < -0.3 is 34.1 Å². The van der Waals surface area contributed by atoms with Crippen LogP contribution in [-0.2, 0) is 11.3 Å². The van der Waals surface area contributed by atoms with Crippen LogP contribution in [0.25, 0.3) is 5.65 Å². The Morgan fingerprint density at radius 2 is 1.93 bits per heavy atom. The van der Waals surface area contributed by atoms with Crippen molar-refractivity contribution in [2.45, 2.75) is 18.7 Å². The topological polar surface area (TPSA) is 124 Å². The zero-order valence-electron chi connectivity index (χ0n) is 21.7. The molecule has 11 nitrogen and oxygen atoms in total. The maximum absolute atomic E-state index is 13.5. The van der Waals surface area contributed by atoms with Gasteiger partial charge in [0.05, 0.1) is 25.3 Å². The van der Waals surface area contributed by atoms with E-state index in [1.165, 1.54) is 13.2 Å². The average molecular weight is 542 g/mol. The summed E-state index contributed by atoms with van der Waals surface area (Å²) >= 11 is 0. The molecule has 2 N–H and O–H groups in total. The fraction of sp³-hybridized carbons (Fsp3) is 0.241. The zero-order valence-corrected chi connectivity index (χ0v) is 21.7. The lowest BCUT2D eigenvalue weighted by molar-refractivity contribution is -0.123. The Morgan fingerprint density at radius 3 is 2.75 bits per heavy atom. The van der Waals surface area contributed by atoms with E-state index in [0.717, 1.165) is 11.2 Å². The van der Waals surface area contributed by atoms with Gasteiger partial charge in [-0.15, -0.1) is 0 Å². The second-order valence-corrected chi connectivity index (χ2v) is 9.63. The van der Waals surface area contributed by atoms with Crippen molar-refractivity contribution in [1.82, 2.24) is 24.9 Å². The summed E-state index contributed by atoms with van der Waals surface area (Å²) < 4.78 is 19.1. The number of rotatable bonds is 2. The Kier molecular flexibility index (Phi) is 6.69. The zero-order chi connectivity index (χ0) is 27.6. The van der Waals surface area contributed by atoms with Crippen LogP contribution in [0.5, 0.6) is 17.2 Å². The molecule has 2 atom stereocenters. The normalized spacial score (nSPS) is 19.2. The Labute approximate surface area is 229 Å². The largest absolute Gasteiger partial charge is 0.493 e. The SMILES string of the molecule is COc1ccc2cc1OCC(=O)NCc1ccc(cc1)O[C@H]1CN(C(=O)c3ccc4nccn4c3)C[C@@H]1NC2=O. The number of imidazole rings is 1. The van der Waals surface area contributed by atoms with E-state index in [9.17, 15) is 14.4 Å². The van der Waals surface area contributed by atoms with Gasteiger partial charge in [0.25, 0.3) is 17.7 Å². The van der Waals surface area contributed by atoms with Gasteiger partial charge in [-0.05, 0) is 48.0 Å². The first-order valence-corrected chi connectivity index (χ1v) is 12.8. The second kappa shape index (κ2) is 10.6. The number of amides is 3. The molecule has 11 heteroatoms. The van der Waals surface area contributed by atoms with Crippen LogP contribution in [0, 0.1) is 0 Å². The molecule has 5 heterocycles. The van der Waals surface area contributed by atoms with E-state index >= 15 is 0 Å². The van der Waals surface area contributed by atoms with E-state index in [4.69, 9.17) is 14.2 Å². The van der Waals surface area contributed by atoms with Crippen molar-refractivity contribution >= 4 is 23.4 Å². The summed E-state index contributed by atoms with van der Waals surface area (Å²) in [6, 6.07) is 15.1. The highest BCUT2D eigenvalue weighted by Crippen LogP contribution is 2.29. The summed E-state index contributed by atoms with van der Waals surface area (Å²) in [4.78, 5) is 45.1. The van der Waals surface area contributed by atoms with Gasteiger partial charge in [-0.2, -0.15) is 0 Å². The van der Waals surface area contributed by atoms with Crippen molar-refractivity contribution in [2.24, 2.45) is 0 Å². The van der Waals surface area contributed by atoms with Gasteiger partial charge in [-0.3, -0.25) is 14.4 Å². The first-order valence-electron chi connectivity index (χ1n) is 12.8. The number of carbonyl (C=O) groups is 3. The van der Waals surface area contributed by atoms with Crippen molar-refractivity contribution in [2.75, 3.05) is 26.8 Å². The van der Waals surface area contributed by atoms with Crippen molar-refractivity contribution < 1.29 is 28.6 Å². The molecule has 1 fully saturated rings. The van der Waals surface area contributed by atoms with E-state index < -0.39 is 12.1 Å². The van der Waals surface area contributed by atoms with Gasteiger partial charge in [0.2, 0.25) is 0 Å². The minimum Gasteiger partial charge on any atom is -0.493 e. The first-order chi connectivity index (χ1) is 19.5. The van der Waals surface area contributed by atoms with Gasteiger partial charge in [0.15, 0.2) is 18.1 Å². The van der Waals surface area contributed by atoms with Crippen LogP contribution in [-0.4, -0.2) is 71.0 Å². The Morgan fingerprint density at radius 1 is 1.07 bits per heavy atom. The lowest BCUT2D eigenvalue weighted by Crippen LogP contribution is -2.45. The Bertz CT molecular complexity index is 1580. The van der Waals surface area contributed by atoms with E-state index in [1.54, 1.807) is 64.3 Å². The predicted octanol–water partition coefficient (Wildman–Crippen LogP) is 2.05. The van der Waals surface area contributed by atoms with Crippen LogP contribution in [0.2, 0.25) is 0 Å². The number of hydrogen-bond acceptors (Lipinski definition) is 7. The van der Waals surface area contributed by atoms with Gasteiger partial charge in [0, 0.05) is 37.2 Å². The van der Waals surface area contributed by atoms with Crippen LogP contribution in [0.15, 0.2) is 73.2 Å². The minimum atomic E-state index is -0.500. The molecule has 3 aliphatic heterocycles. The number of ether oxygens (including phenoxy) is 3. The average Bonchev–Trinajstić information content (AvgIpc) is 3.61. The number of likely N-dealkylation sites (tertiary alicyclic amines) is 1. The van der Waals surface area contributed by atoms with E-state index in [-0.39, 0.29) is 43.2 Å². The number of aromatic nitrogens is 2. The number of benzene rings is 2. The van der Waals surface area contributed by atoms with Crippen LogP contribution >= 0.6 is 0 Å². The third-order valence-corrected chi connectivity index (χ3v) is 6.99. The molecule has 3 aliphatic rings. The highest BCUT2D eigenvalue weighted by Gasteiger charge is 2.38. The quantitative estimate of drug-likeness (QED) is 0.398. The summed E-state index contributed by atoms with van der Waals surface area (Å²) in [5, 5.41) is 5.85. The lowest BCUT2D eigenvalue weighted by atomic mass is 10.1. The number of carbonyl (C=O) groups excluding carboxylic acids is 3. The standard InChI is InChI=1S/C29H27N5O6/c1-38-23-8-4-19-12-24(23)39-17-27(35)31-13-18-2-6-21(7-3-18)40-25-16-34(15-22(25)32-28(19)36)29(37)20-5-9-26-30-10-11-33(26)14-20/h2-12,14,22,25H,13,15-17H2,1H3,(H,31,35)(H,32,36)/t22-,25-/m0/s1. The molecule has 0 spiro atoms. The number of methoxy groups -OCH3 is 1. The third kappa shape index (κ3) is 5.13. The van der Waals surface area contributed by atoms with Crippen molar-refractivity contribution in [3.05, 3.63) is 89.9 Å². The second-order valence-electron chi connectivity index (χ2n) is 9.63. The summed E-state index contributed by atoms with van der Waals surface area (Å²) in [5.41, 5.74) is 2.45. The molecule has 0 aliphatic carbocycles. The maximum atomic E-state index is 13.5. The monoisotopic (exact) mass is 541 g/mol. The predicted molar refractivity (Wildman–Crippen MR) is 144 cm³/mol. The molecule has 7 rings (SSSR count). The minimum absolute atomic E-state index is 0.172. The van der Waals surface area contributed by atoms with Gasteiger partial charge in [-0.1, -0.05) is 12.1 Å². The summed E-state index contributed by atoms with van der Waals surface area (Å²) in [5.74, 6) is 0.398. The molecule has 0 radical (unpaired) electrons. The molecule has 0 saturated carbocycles. The van der Waals surface area contributed by atoms with Gasteiger partial charge >= 0.3 is 0 Å². The molecular formula is C29H27N5O6. The number of nitrogens with zero attached hydrogens (tertiary/aromatic N) is 3. The fourth-order valence-corrected chi connectivity index (χ4v) is 4.87. The van der Waals surface area contributed by atoms with E-state index in [2.05, 4.69) is 15.6 Å². The highest BCUT2D eigenvalue weighted by molar-refractivity contribution is 5.96. The number of pyridine rings is 1. The summed E-state index contributed by atoms with van der Waals surface area (Å²) in [7, 11) is 1.48. The maximum Gasteiger partial charge on any atom is 0.258 e. The number of hydrogen-bond donors (Lipinski definition) is 2. The molecule has 0 unspecified atom stereocenters. The van der Waals surface area contributed by atoms with Gasteiger partial charge in [0.1, 0.15) is 17.5 Å². The molecule has 3 amide bonds. The summed E-state index contributed by atoms with van der Waals surface area (Å²) in [6.45, 7) is 0.609. The summed E-state index contributed by atoms with van der Waals surface area (Å²) in [6.07, 6.45) is 4.70. The fourth-order valence-electron chi connectivity index (χ4n) is 4.87. The van der Waals surface area contributed by atoms with Crippen LogP contribution in [0.1, 0.15) is 26.3 Å². The lowest BCUT2D eigenvalue weighted by Gasteiger charge is -2.21. The van der Waals surface area contributed by atoms with E-state index in [1.807, 2.05) is 12.1 Å². The number of fused-ring (bicyclic) bond motifs is 8. The highest BCUT2D eigenvalue weighted by atomic mass is 16.5. The van der Waals surface area contributed by atoms with E-state index in [0.29, 0.717) is 29.2 Å². The molecule has 4 aromatic rings. The van der Waals surface area contributed by atoms with Crippen molar-refractivity contribution in [3.63, 3.8) is 0 Å². The first kappa shape index (κ1) is 25.2. The van der Waals surface area contributed by atoms with Gasteiger partial charge in [-0.25, -0.2) is 4.98 Å². The third-order valence-electron chi connectivity index (χ3n) is 6.99. The molecular weight excluding hydrogens is 514 g/mol. The van der Waals surface area contributed by atoms with Crippen LogP contribution in [0.3, 0.4) is 0 Å². The molecule has 204 valence electrons. The Balaban J connectivity index is 1.30. The molecule has 2 aromatic heterocycles. The van der Waals surface area contributed by atoms with Crippen LogP contribution in [0.4, 0.5) is 0 Å². The molecule has 1 saturated heterocycles. The number of nitrogens with one attached hydrogen (secondary N) is 2. The van der Waals surface area contributed by atoms with Crippen LogP contribution < -0.4 is 24.8 Å². The van der Waals surface area contributed by atoms with Crippen molar-refractivity contribution in [3.8, 4) is 17.2 Å². The molecule has 4 bridgehead atoms. The smallest absolute Gasteiger partial charge is 0.258 e. The molecule has 2 aromatic carbocycles. The van der Waals surface area contributed by atoms with Crippen molar-refractivity contribution in [1.29, 1.82) is 0 Å². The molecule has 40 heavy (non-hydrogen) atoms.